The van der Waals surface area contributed by atoms with E-state index >= 15 is 0 Å². The highest BCUT2D eigenvalue weighted by atomic mass is 19.3. The smallest absolute Gasteiger partial charge is 0.255 e. The highest BCUT2D eigenvalue weighted by Gasteiger charge is 2.48. The number of nitrogens with zero attached hydrogens (tertiary/aromatic N) is 1. The van der Waals surface area contributed by atoms with Crippen LogP contribution in [0.3, 0.4) is 0 Å². The molecule has 18 heavy (non-hydrogen) atoms. The SMILES string of the molecule is CCCC1NC(=O)C(C2CC2)N(CC(F)F)C1=O. The highest BCUT2D eigenvalue weighted by molar-refractivity contribution is 5.97. The molecule has 0 aromatic rings. The molecular formula is C12H18F2N2O2. The van der Waals surface area contributed by atoms with Gasteiger partial charge in [-0.3, -0.25) is 9.59 Å². The van der Waals surface area contributed by atoms with E-state index in [1.165, 1.54) is 0 Å². The standard InChI is InChI=1S/C12H18F2N2O2/c1-2-3-8-12(18)16(6-9(13)14)10(7-4-5-7)11(17)15-8/h7-10H,2-6H2,1H3,(H,15,17). The third-order valence-corrected chi connectivity index (χ3v) is 3.48. The van der Waals surface area contributed by atoms with Crippen LogP contribution in [0.25, 0.3) is 0 Å². The molecule has 102 valence electrons. The number of hydrogen-bond donors (Lipinski definition) is 1. The number of amides is 2. The zero-order chi connectivity index (χ0) is 13.3. The second-order valence-corrected chi connectivity index (χ2v) is 5.01. The Hall–Kier alpha value is -1.20. The zero-order valence-electron chi connectivity index (χ0n) is 10.4. The van der Waals surface area contributed by atoms with Crippen molar-refractivity contribution in [3.8, 4) is 0 Å². The Bertz CT molecular complexity index is 345. The van der Waals surface area contributed by atoms with Gasteiger partial charge >= 0.3 is 0 Å². The number of hydrogen-bond acceptors (Lipinski definition) is 2. The van der Waals surface area contributed by atoms with Crippen molar-refractivity contribution in [1.29, 1.82) is 0 Å². The molecule has 1 aliphatic heterocycles. The van der Waals surface area contributed by atoms with Crippen molar-refractivity contribution in [1.82, 2.24) is 10.2 Å². The summed E-state index contributed by atoms with van der Waals surface area (Å²) in [5.41, 5.74) is 0. The number of nitrogens with one attached hydrogen (secondary N) is 1. The Kier molecular flexibility index (Phi) is 3.82. The van der Waals surface area contributed by atoms with Gasteiger partial charge in [-0.25, -0.2) is 8.78 Å². The molecule has 1 heterocycles. The number of halogens is 2. The predicted molar refractivity (Wildman–Crippen MR) is 61.1 cm³/mol. The fraction of sp³-hybridized carbons (Fsp3) is 0.833. The van der Waals surface area contributed by atoms with Gasteiger partial charge in [-0.1, -0.05) is 13.3 Å². The van der Waals surface area contributed by atoms with Gasteiger partial charge in [0.15, 0.2) is 0 Å². The summed E-state index contributed by atoms with van der Waals surface area (Å²) in [7, 11) is 0. The average Bonchev–Trinajstić information content (AvgIpc) is 3.09. The van der Waals surface area contributed by atoms with Crippen molar-refractivity contribution in [3.63, 3.8) is 0 Å². The van der Waals surface area contributed by atoms with E-state index in [2.05, 4.69) is 5.32 Å². The first kappa shape index (κ1) is 13.2. The van der Waals surface area contributed by atoms with Crippen molar-refractivity contribution < 1.29 is 18.4 Å². The van der Waals surface area contributed by atoms with Crippen molar-refractivity contribution in [2.75, 3.05) is 6.54 Å². The van der Waals surface area contributed by atoms with E-state index in [1.54, 1.807) is 0 Å². The minimum Gasteiger partial charge on any atom is -0.342 e. The van der Waals surface area contributed by atoms with Crippen LogP contribution < -0.4 is 5.32 Å². The number of rotatable bonds is 5. The lowest BCUT2D eigenvalue weighted by atomic mass is 10.0. The molecular weight excluding hydrogens is 242 g/mol. The van der Waals surface area contributed by atoms with Crippen molar-refractivity contribution in [3.05, 3.63) is 0 Å². The number of carbonyl (C=O) groups excluding carboxylic acids is 2. The van der Waals surface area contributed by atoms with Crippen LogP contribution in [-0.2, 0) is 9.59 Å². The van der Waals surface area contributed by atoms with Gasteiger partial charge in [0, 0.05) is 0 Å². The van der Waals surface area contributed by atoms with Crippen LogP contribution in [-0.4, -0.2) is 41.8 Å². The third kappa shape index (κ3) is 2.62. The molecule has 0 radical (unpaired) electrons. The summed E-state index contributed by atoms with van der Waals surface area (Å²) in [4.78, 5) is 25.2. The zero-order valence-corrected chi connectivity index (χ0v) is 10.4. The molecule has 0 bridgehead atoms. The monoisotopic (exact) mass is 260 g/mol. The van der Waals surface area contributed by atoms with E-state index < -0.39 is 25.1 Å². The van der Waals surface area contributed by atoms with Crippen LogP contribution in [0.4, 0.5) is 8.78 Å². The Balaban J connectivity index is 2.15. The Morgan fingerprint density at radius 3 is 2.56 bits per heavy atom. The summed E-state index contributed by atoms with van der Waals surface area (Å²) in [6, 6.07) is -1.31. The summed E-state index contributed by atoms with van der Waals surface area (Å²) in [6.07, 6.45) is 0.311. The first-order valence-electron chi connectivity index (χ1n) is 6.43. The Labute approximate surface area is 105 Å². The highest BCUT2D eigenvalue weighted by Crippen LogP contribution is 2.37. The van der Waals surface area contributed by atoms with Crippen molar-refractivity contribution >= 4 is 11.8 Å². The predicted octanol–water partition coefficient (Wildman–Crippen LogP) is 1.16. The van der Waals surface area contributed by atoms with E-state index in [4.69, 9.17) is 0 Å². The number of alkyl halides is 2. The van der Waals surface area contributed by atoms with Crippen LogP contribution in [0.1, 0.15) is 32.6 Å². The molecule has 1 N–H and O–H groups in total. The maximum Gasteiger partial charge on any atom is 0.255 e. The van der Waals surface area contributed by atoms with Crippen LogP contribution in [0.15, 0.2) is 0 Å². The minimum atomic E-state index is -2.59. The van der Waals surface area contributed by atoms with Gasteiger partial charge in [0.2, 0.25) is 11.8 Å². The molecule has 6 heteroatoms. The Morgan fingerprint density at radius 1 is 1.39 bits per heavy atom. The maximum absolute atomic E-state index is 12.6. The molecule has 2 rings (SSSR count). The quantitative estimate of drug-likeness (QED) is 0.806. The summed E-state index contributed by atoms with van der Waals surface area (Å²) in [5.74, 6) is -0.555. The van der Waals surface area contributed by atoms with Gasteiger partial charge < -0.3 is 10.2 Å². The second-order valence-electron chi connectivity index (χ2n) is 5.01. The second kappa shape index (κ2) is 5.20. The maximum atomic E-state index is 12.6. The van der Waals surface area contributed by atoms with Gasteiger partial charge in [0.25, 0.3) is 6.43 Å². The molecule has 1 saturated heterocycles. The molecule has 1 saturated carbocycles. The molecule has 2 fully saturated rings. The Morgan fingerprint density at radius 2 is 2.06 bits per heavy atom. The van der Waals surface area contributed by atoms with Crippen LogP contribution in [0.2, 0.25) is 0 Å². The normalized spacial score (nSPS) is 28.8. The van der Waals surface area contributed by atoms with Gasteiger partial charge in [0.05, 0.1) is 6.54 Å². The molecule has 0 aromatic carbocycles. The number of carbonyl (C=O) groups is 2. The van der Waals surface area contributed by atoms with E-state index in [0.29, 0.717) is 6.42 Å². The van der Waals surface area contributed by atoms with Gasteiger partial charge in [0.1, 0.15) is 12.1 Å². The van der Waals surface area contributed by atoms with Gasteiger partial charge in [-0.2, -0.15) is 0 Å². The third-order valence-electron chi connectivity index (χ3n) is 3.48. The van der Waals surface area contributed by atoms with E-state index in [0.717, 1.165) is 24.2 Å². The summed E-state index contributed by atoms with van der Waals surface area (Å²) in [5, 5.41) is 2.67. The molecule has 0 aromatic heterocycles. The van der Waals surface area contributed by atoms with E-state index in [1.807, 2.05) is 6.92 Å². The fourth-order valence-electron chi connectivity index (χ4n) is 2.51. The first-order valence-corrected chi connectivity index (χ1v) is 6.43. The fourth-order valence-corrected chi connectivity index (χ4v) is 2.51. The summed E-state index contributed by atoms with van der Waals surface area (Å²) < 4.78 is 25.1. The average molecular weight is 260 g/mol. The van der Waals surface area contributed by atoms with E-state index in [-0.39, 0.29) is 17.7 Å². The summed E-state index contributed by atoms with van der Waals surface area (Å²) in [6.45, 7) is 1.26. The summed E-state index contributed by atoms with van der Waals surface area (Å²) >= 11 is 0. The largest absolute Gasteiger partial charge is 0.342 e. The minimum absolute atomic E-state index is 0.0651. The number of piperazine rings is 1. The molecule has 4 nitrogen and oxygen atoms in total. The lowest BCUT2D eigenvalue weighted by molar-refractivity contribution is -0.152. The van der Waals surface area contributed by atoms with Crippen molar-refractivity contribution in [2.24, 2.45) is 5.92 Å². The van der Waals surface area contributed by atoms with Crippen LogP contribution in [0, 0.1) is 5.92 Å². The van der Waals surface area contributed by atoms with Crippen LogP contribution in [0.5, 0.6) is 0 Å². The topological polar surface area (TPSA) is 49.4 Å². The molecule has 1 aliphatic carbocycles. The molecule has 2 atom stereocenters. The molecule has 0 spiro atoms. The molecule has 2 amide bonds. The van der Waals surface area contributed by atoms with Crippen LogP contribution >= 0.6 is 0 Å². The van der Waals surface area contributed by atoms with Crippen molar-refractivity contribution in [2.45, 2.75) is 51.1 Å². The van der Waals surface area contributed by atoms with E-state index in [9.17, 15) is 18.4 Å². The lowest BCUT2D eigenvalue weighted by Gasteiger charge is -2.39. The lowest BCUT2D eigenvalue weighted by Crippen LogP contribution is -2.64. The van der Waals surface area contributed by atoms with Gasteiger partial charge in [-0.15, -0.1) is 0 Å². The van der Waals surface area contributed by atoms with Gasteiger partial charge in [-0.05, 0) is 25.2 Å². The first-order chi connectivity index (χ1) is 8.54. The molecule has 2 aliphatic rings. The molecule has 2 unspecified atom stereocenters.